The van der Waals surface area contributed by atoms with Crippen LogP contribution in [0.1, 0.15) is 17.0 Å². The summed E-state index contributed by atoms with van der Waals surface area (Å²) in [6.07, 6.45) is 0. The molecular weight excluding hydrogens is 352 g/mol. The Kier molecular flexibility index (Phi) is 4.42. The van der Waals surface area contributed by atoms with Crippen LogP contribution < -0.4 is 0 Å². The van der Waals surface area contributed by atoms with Crippen molar-refractivity contribution >= 4 is 23.1 Å². The summed E-state index contributed by atoms with van der Waals surface area (Å²) in [6, 6.07) is 14.4. The summed E-state index contributed by atoms with van der Waals surface area (Å²) in [5.74, 6) is 1.36. The first-order valence-electron chi connectivity index (χ1n) is 7.82. The highest BCUT2D eigenvalue weighted by molar-refractivity contribution is 7.98. The van der Waals surface area contributed by atoms with E-state index >= 15 is 0 Å². The molecule has 5 nitrogen and oxygen atoms in total. The summed E-state index contributed by atoms with van der Waals surface area (Å²) in [5, 5.41) is 15.3. The molecular formula is C18H16N4OS2. The van der Waals surface area contributed by atoms with Gasteiger partial charge in [0.05, 0.1) is 16.3 Å². The third-order valence-electron chi connectivity index (χ3n) is 3.69. The van der Waals surface area contributed by atoms with Gasteiger partial charge in [0.25, 0.3) is 11.1 Å². The summed E-state index contributed by atoms with van der Waals surface area (Å²) in [6.45, 7) is 4.06. The Balaban J connectivity index is 1.43. The van der Waals surface area contributed by atoms with Gasteiger partial charge in [-0.15, -0.1) is 21.5 Å². The zero-order chi connectivity index (χ0) is 17.2. The molecule has 4 rings (SSSR count). The van der Waals surface area contributed by atoms with E-state index in [1.807, 2.05) is 29.1 Å². The number of aryl methyl sites for hydroxylation is 2. The van der Waals surface area contributed by atoms with Crippen LogP contribution >= 0.6 is 23.1 Å². The number of benzene rings is 1. The minimum Gasteiger partial charge on any atom is -0.410 e. The third kappa shape index (κ3) is 3.52. The van der Waals surface area contributed by atoms with Gasteiger partial charge in [0.1, 0.15) is 0 Å². The van der Waals surface area contributed by atoms with Crippen LogP contribution in [0.15, 0.2) is 57.5 Å². The van der Waals surface area contributed by atoms with Gasteiger partial charge >= 0.3 is 0 Å². The molecule has 0 saturated carbocycles. The first-order chi connectivity index (χ1) is 12.2. The van der Waals surface area contributed by atoms with Gasteiger partial charge in [-0.2, -0.15) is 5.10 Å². The minimum absolute atomic E-state index is 0.581. The molecule has 7 heteroatoms. The highest BCUT2D eigenvalue weighted by Crippen LogP contribution is 2.28. The minimum atomic E-state index is 0.581. The fraction of sp³-hybridized carbons (Fsp3) is 0.167. The maximum absolute atomic E-state index is 5.70. The average molecular weight is 368 g/mol. The van der Waals surface area contributed by atoms with Crippen LogP contribution in [0.25, 0.3) is 16.5 Å². The zero-order valence-electron chi connectivity index (χ0n) is 13.8. The molecule has 4 aromatic rings. The summed E-state index contributed by atoms with van der Waals surface area (Å²) >= 11 is 3.13. The Bertz CT molecular complexity index is 971. The highest BCUT2D eigenvalue weighted by atomic mass is 32.2. The fourth-order valence-corrected chi connectivity index (χ4v) is 3.90. The van der Waals surface area contributed by atoms with Crippen LogP contribution in [0.5, 0.6) is 0 Å². The topological polar surface area (TPSA) is 56.7 Å². The lowest BCUT2D eigenvalue weighted by Crippen LogP contribution is -1.98. The van der Waals surface area contributed by atoms with Gasteiger partial charge in [-0.3, -0.25) is 0 Å². The molecule has 0 N–H and O–H groups in total. The van der Waals surface area contributed by atoms with Crippen molar-refractivity contribution in [2.24, 2.45) is 0 Å². The lowest BCUT2D eigenvalue weighted by Gasteiger charge is -2.05. The maximum Gasteiger partial charge on any atom is 0.277 e. The second kappa shape index (κ2) is 6.85. The first kappa shape index (κ1) is 16.1. The van der Waals surface area contributed by atoms with E-state index in [2.05, 4.69) is 52.6 Å². The molecule has 0 unspecified atom stereocenters. The lowest BCUT2D eigenvalue weighted by molar-refractivity contribution is 0.466. The summed E-state index contributed by atoms with van der Waals surface area (Å²) in [4.78, 5) is 0.994. The summed E-state index contributed by atoms with van der Waals surface area (Å²) < 4.78 is 7.65. The average Bonchev–Trinajstić information content (AvgIpc) is 3.34. The van der Waals surface area contributed by atoms with Gasteiger partial charge < -0.3 is 4.42 Å². The van der Waals surface area contributed by atoms with Gasteiger partial charge in [0, 0.05) is 11.4 Å². The molecule has 0 bridgehead atoms. The molecule has 0 radical (unpaired) electrons. The molecule has 0 atom stereocenters. The monoisotopic (exact) mass is 368 g/mol. The molecule has 0 amide bonds. The van der Waals surface area contributed by atoms with E-state index in [1.54, 1.807) is 23.1 Å². The Morgan fingerprint density at radius 1 is 1.12 bits per heavy atom. The van der Waals surface area contributed by atoms with Crippen LogP contribution in [-0.4, -0.2) is 20.0 Å². The summed E-state index contributed by atoms with van der Waals surface area (Å²) in [7, 11) is 0. The SMILES string of the molecule is Cc1cc(C)n(-c2ccc(CSc3nnc(-c4cccs4)o3)cc2)n1. The molecule has 0 aliphatic heterocycles. The van der Waals surface area contributed by atoms with Gasteiger partial charge in [-0.1, -0.05) is 30.0 Å². The molecule has 25 heavy (non-hydrogen) atoms. The van der Waals surface area contributed by atoms with Crippen molar-refractivity contribution in [2.45, 2.75) is 24.8 Å². The molecule has 0 fully saturated rings. The second-order valence-electron chi connectivity index (χ2n) is 5.64. The molecule has 0 spiro atoms. The van der Waals surface area contributed by atoms with Crippen molar-refractivity contribution in [3.63, 3.8) is 0 Å². The van der Waals surface area contributed by atoms with Crippen molar-refractivity contribution in [3.05, 3.63) is 64.8 Å². The standard InChI is InChI=1S/C18H16N4OS2/c1-12-10-13(2)22(21-12)15-7-5-14(6-8-15)11-25-18-20-19-17(23-18)16-4-3-9-24-16/h3-10H,11H2,1-2H3. The first-order valence-corrected chi connectivity index (χ1v) is 9.68. The Hall–Kier alpha value is -2.38. The van der Waals surface area contributed by atoms with E-state index in [0.29, 0.717) is 11.1 Å². The summed E-state index contributed by atoms with van der Waals surface area (Å²) in [5.41, 5.74) is 4.42. The zero-order valence-corrected chi connectivity index (χ0v) is 15.5. The van der Waals surface area contributed by atoms with E-state index in [0.717, 1.165) is 27.7 Å². The van der Waals surface area contributed by atoms with Crippen molar-refractivity contribution in [1.82, 2.24) is 20.0 Å². The predicted octanol–water partition coefficient (Wildman–Crippen LogP) is 4.89. The largest absolute Gasteiger partial charge is 0.410 e. The molecule has 0 saturated heterocycles. The number of hydrogen-bond acceptors (Lipinski definition) is 6. The van der Waals surface area contributed by atoms with Crippen molar-refractivity contribution in [1.29, 1.82) is 0 Å². The van der Waals surface area contributed by atoms with E-state index in [4.69, 9.17) is 4.42 Å². The van der Waals surface area contributed by atoms with Gasteiger partial charge in [0.2, 0.25) is 0 Å². The molecule has 1 aromatic carbocycles. The Morgan fingerprint density at radius 2 is 1.96 bits per heavy atom. The van der Waals surface area contributed by atoms with Crippen LogP contribution in [0.3, 0.4) is 0 Å². The molecule has 0 aliphatic carbocycles. The third-order valence-corrected chi connectivity index (χ3v) is 5.44. The van der Waals surface area contributed by atoms with E-state index < -0.39 is 0 Å². The van der Waals surface area contributed by atoms with Crippen LogP contribution in [-0.2, 0) is 5.75 Å². The van der Waals surface area contributed by atoms with E-state index in [9.17, 15) is 0 Å². The van der Waals surface area contributed by atoms with Crippen molar-refractivity contribution < 1.29 is 4.42 Å². The number of thioether (sulfide) groups is 1. The Morgan fingerprint density at radius 3 is 2.64 bits per heavy atom. The van der Waals surface area contributed by atoms with Gasteiger partial charge in [-0.05, 0) is 49.1 Å². The van der Waals surface area contributed by atoms with Gasteiger partial charge in [0.15, 0.2) is 0 Å². The lowest BCUT2D eigenvalue weighted by atomic mass is 10.2. The Labute approximate surface area is 153 Å². The van der Waals surface area contributed by atoms with Crippen molar-refractivity contribution in [3.8, 4) is 16.5 Å². The molecule has 126 valence electrons. The van der Waals surface area contributed by atoms with Crippen molar-refractivity contribution in [2.75, 3.05) is 0 Å². The quantitative estimate of drug-likeness (QED) is 0.469. The van der Waals surface area contributed by atoms with E-state index in [-0.39, 0.29) is 0 Å². The number of nitrogens with zero attached hydrogens (tertiary/aromatic N) is 4. The van der Waals surface area contributed by atoms with Crippen LogP contribution in [0, 0.1) is 13.8 Å². The second-order valence-corrected chi connectivity index (χ2v) is 7.52. The number of hydrogen-bond donors (Lipinski definition) is 0. The molecule has 0 aliphatic rings. The normalized spacial score (nSPS) is 11.1. The molecule has 3 heterocycles. The molecule has 3 aromatic heterocycles. The highest BCUT2D eigenvalue weighted by Gasteiger charge is 2.10. The smallest absolute Gasteiger partial charge is 0.277 e. The number of thiophene rings is 1. The van der Waals surface area contributed by atoms with Gasteiger partial charge in [-0.25, -0.2) is 4.68 Å². The van der Waals surface area contributed by atoms with E-state index in [1.165, 1.54) is 5.56 Å². The van der Waals surface area contributed by atoms with Crippen LogP contribution in [0.4, 0.5) is 0 Å². The maximum atomic E-state index is 5.70. The van der Waals surface area contributed by atoms with Crippen LogP contribution in [0.2, 0.25) is 0 Å². The predicted molar refractivity (Wildman–Crippen MR) is 100 cm³/mol. The number of rotatable bonds is 5. The fourth-order valence-electron chi connectivity index (χ4n) is 2.54. The number of aromatic nitrogens is 4.